The van der Waals surface area contributed by atoms with Crippen LogP contribution in [-0.4, -0.2) is 65.2 Å². The molecule has 0 aliphatic carbocycles. The van der Waals surface area contributed by atoms with E-state index >= 15 is 0 Å². The van der Waals surface area contributed by atoms with Crippen LogP contribution in [0.5, 0.6) is 5.75 Å². The maximum absolute atomic E-state index is 12.6. The minimum atomic E-state index is -2.73. The molecular weight excluding hydrogens is 438 g/mol. The molecule has 0 radical (unpaired) electrons. The van der Waals surface area contributed by atoms with E-state index in [-0.39, 0.29) is 18.5 Å². The second-order valence-corrected chi connectivity index (χ2v) is 8.18. The molecule has 2 aromatic rings. The van der Waals surface area contributed by atoms with Crippen LogP contribution in [0.25, 0.3) is 0 Å². The smallest absolute Gasteiger partial charge is 0.324 e. The number of aliphatic hydroxyl groups excluding tert-OH is 2. The maximum atomic E-state index is 12.6. The number of aliphatic hydroxyl groups is 2. The first-order chi connectivity index (χ1) is 15.9. The Hall–Kier alpha value is -2.79. The van der Waals surface area contributed by atoms with Gasteiger partial charge in [-0.15, -0.1) is 0 Å². The number of benzene rings is 1. The Kier molecular flexibility index (Phi) is 8.95. The summed E-state index contributed by atoms with van der Waals surface area (Å²) in [6, 6.07) is 5.37. The average molecular weight is 469 g/mol. The van der Waals surface area contributed by atoms with E-state index in [1.165, 1.54) is 0 Å². The Morgan fingerprint density at radius 3 is 2.76 bits per heavy atom. The van der Waals surface area contributed by atoms with Gasteiger partial charge < -0.3 is 29.7 Å². The molecule has 1 aliphatic heterocycles. The fourth-order valence-electron chi connectivity index (χ4n) is 3.77. The summed E-state index contributed by atoms with van der Waals surface area (Å²) in [5, 5.41) is 24.0. The number of hydrogen-bond acceptors (Lipinski definition) is 8. The van der Waals surface area contributed by atoms with Crippen molar-refractivity contribution in [2.45, 2.75) is 45.1 Å². The number of carbonyl (C=O) groups excluding carboxylic acids is 1. The number of nitrogens with one attached hydrogen (secondary N) is 1. The minimum absolute atomic E-state index is 0.0163. The van der Waals surface area contributed by atoms with Crippen molar-refractivity contribution in [3.63, 3.8) is 0 Å². The fourth-order valence-corrected chi connectivity index (χ4v) is 3.77. The minimum Gasteiger partial charge on any atom is -0.494 e. The van der Waals surface area contributed by atoms with E-state index in [2.05, 4.69) is 15.5 Å². The largest absolute Gasteiger partial charge is 0.494 e. The first-order valence-corrected chi connectivity index (χ1v) is 11.0. The zero-order chi connectivity index (χ0) is 23.8. The van der Waals surface area contributed by atoms with Crippen molar-refractivity contribution in [1.82, 2.24) is 15.5 Å². The molecular formula is C22H30F2N4O5. The van der Waals surface area contributed by atoms with Crippen LogP contribution in [0, 0.1) is 12.8 Å². The molecule has 1 atom stereocenters. The average Bonchev–Trinajstić information content (AvgIpc) is 3.31. The van der Waals surface area contributed by atoms with Gasteiger partial charge in [-0.25, -0.2) is 8.78 Å². The van der Waals surface area contributed by atoms with Crippen LogP contribution in [0.4, 0.5) is 14.8 Å². The van der Waals surface area contributed by atoms with E-state index in [0.29, 0.717) is 36.9 Å². The second-order valence-electron chi connectivity index (χ2n) is 8.18. The van der Waals surface area contributed by atoms with Crippen molar-refractivity contribution in [3.8, 4) is 5.75 Å². The second kappa shape index (κ2) is 11.9. The fraction of sp³-hybridized carbons (Fsp3) is 0.591. The molecule has 1 amide bonds. The Bertz CT molecular complexity index is 903. The van der Waals surface area contributed by atoms with E-state index in [4.69, 9.17) is 14.4 Å². The van der Waals surface area contributed by atoms with Gasteiger partial charge in [0.2, 0.25) is 5.82 Å². The van der Waals surface area contributed by atoms with Crippen LogP contribution in [0.1, 0.15) is 53.9 Å². The third kappa shape index (κ3) is 7.10. The molecule has 1 saturated heterocycles. The highest BCUT2D eigenvalue weighted by Crippen LogP contribution is 2.27. The lowest BCUT2D eigenvalue weighted by molar-refractivity contribution is 0.0801. The van der Waals surface area contributed by atoms with Gasteiger partial charge >= 0.3 is 12.4 Å². The molecule has 2 heterocycles. The highest BCUT2D eigenvalue weighted by Gasteiger charge is 2.24. The molecule has 0 saturated carbocycles. The van der Waals surface area contributed by atoms with Gasteiger partial charge in [0.25, 0.3) is 5.91 Å². The summed E-state index contributed by atoms with van der Waals surface area (Å²) in [4.78, 5) is 17.8. The molecule has 1 fully saturated rings. The number of halogens is 2. The van der Waals surface area contributed by atoms with Crippen molar-refractivity contribution >= 4 is 11.9 Å². The molecule has 3 rings (SSSR count). The first-order valence-electron chi connectivity index (χ1n) is 11.0. The van der Waals surface area contributed by atoms with E-state index in [1.54, 1.807) is 18.2 Å². The third-order valence-electron chi connectivity index (χ3n) is 5.69. The Labute approximate surface area is 190 Å². The molecule has 33 heavy (non-hydrogen) atoms. The predicted octanol–water partition coefficient (Wildman–Crippen LogP) is 2.47. The number of piperidine rings is 1. The standard InChI is InChI=1S/C22H30F2N4O5/c1-14-11-17(4-5-18(14)21(31)25-12-16(30)13-29)32-10-2-3-15-6-8-28(9-7-15)22-26-20(19(23)24)27-33-22/h4-5,11,15-16,19,29-30H,2-3,6-10,12-13H2,1H3,(H,25,31)/t16-/m1/s1. The lowest BCUT2D eigenvalue weighted by Gasteiger charge is -2.30. The van der Waals surface area contributed by atoms with Gasteiger partial charge in [-0.1, -0.05) is 5.16 Å². The van der Waals surface area contributed by atoms with Crippen molar-refractivity contribution in [1.29, 1.82) is 0 Å². The number of aryl methyl sites for hydroxylation is 1. The van der Waals surface area contributed by atoms with Gasteiger partial charge in [-0.2, -0.15) is 4.98 Å². The molecule has 0 bridgehead atoms. The molecule has 182 valence electrons. The topological polar surface area (TPSA) is 121 Å². The van der Waals surface area contributed by atoms with Gasteiger partial charge in [0, 0.05) is 25.2 Å². The summed E-state index contributed by atoms with van der Waals surface area (Å²) in [5.74, 6) is 0.308. The van der Waals surface area contributed by atoms with Crippen LogP contribution < -0.4 is 15.0 Å². The summed E-state index contributed by atoms with van der Waals surface area (Å²) in [7, 11) is 0. The van der Waals surface area contributed by atoms with E-state index < -0.39 is 25.0 Å². The molecule has 3 N–H and O–H groups in total. The Morgan fingerprint density at radius 2 is 2.12 bits per heavy atom. The number of rotatable bonds is 11. The van der Waals surface area contributed by atoms with Crippen molar-refractivity contribution in [2.75, 3.05) is 37.7 Å². The van der Waals surface area contributed by atoms with E-state index in [1.807, 2.05) is 11.8 Å². The maximum Gasteiger partial charge on any atom is 0.324 e. The van der Waals surface area contributed by atoms with Crippen LogP contribution in [0.2, 0.25) is 0 Å². The number of hydrogen-bond donors (Lipinski definition) is 3. The van der Waals surface area contributed by atoms with Gasteiger partial charge in [-0.05, 0) is 62.3 Å². The normalized spacial score (nSPS) is 15.6. The molecule has 0 spiro atoms. The monoisotopic (exact) mass is 468 g/mol. The number of aromatic nitrogens is 2. The number of alkyl halides is 2. The first kappa shape index (κ1) is 24.8. The Morgan fingerprint density at radius 1 is 1.36 bits per heavy atom. The van der Waals surface area contributed by atoms with Crippen molar-refractivity contribution < 1.29 is 33.0 Å². The summed E-state index contributed by atoms with van der Waals surface area (Å²) in [6.07, 6.45) is -0.0156. The van der Waals surface area contributed by atoms with Gasteiger partial charge in [-0.3, -0.25) is 4.79 Å². The number of ether oxygens (including phenoxy) is 1. The van der Waals surface area contributed by atoms with Gasteiger partial charge in [0.05, 0.1) is 19.3 Å². The SMILES string of the molecule is Cc1cc(OCCCC2CCN(c3nc(C(F)F)no3)CC2)ccc1C(=O)NC[C@@H](O)CO. The van der Waals surface area contributed by atoms with Crippen molar-refractivity contribution in [3.05, 3.63) is 35.2 Å². The number of nitrogens with zero attached hydrogens (tertiary/aromatic N) is 3. The zero-order valence-corrected chi connectivity index (χ0v) is 18.5. The van der Waals surface area contributed by atoms with Crippen molar-refractivity contribution in [2.24, 2.45) is 5.92 Å². The molecule has 11 heteroatoms. The summed E-state index contributed by atoms with van der Waals surface area (Å²) < 4.78 is 36.0. The number of amides is 1. The third-order valence-corrected chi connectivity index (χ3v) is 5.69. The lowest BCUT2D eigenvalue weighted by atomic mass is 9.92. The number of anilines is 1. The quantitative estimate of drug-likeness (QED) is 0.430. The lowest BCUT2D eigenvalue weighted by Crippen LogP contribution is -2.34. The summed E-state index contributed by atoms with van der Waals surface area (Å²) in [6.45, 7) is 3.31. The summed E-state index contributed by atoms with van der Waals surface area (Å²) in [5.41, 5.74) is 1.24. The highest BCUT2D eigenvalue weighted by molar-refractivity contribution is 5.95. The molecule has 1 aromatic heterocycles. The van der Waals surface area contributed by atoms with E-state index in [9.17, 15) is 18.7 Å². The molecule has 1 aliphatic rings. The van der Waals surface area contributed by atoms with Crippen LogP contribution >= 0.6 is 0 Å². The van der Waals surface area contributed by atoms with Gasteiger partial charge in [0.15, 0.2) is 0 Å². The molecule has 0 unspecified atom stereocenters. The number of carbonyl (C=O) groups is 1. The van der Waals surface area contributed by atoms with Crippen LogP contribution in [0.3, 0.4) is 0 Å². The Balaban J connectivity index is 1.36. The van der Waals surface area contributed by atoms with Gasteiger partial charge in [0.1, 0.15) is 5.75 Å². The molecule has 9 nitrogen and oxygen atoms in total. The molecule has 1 aromatic carbocycles. The van der Waals surface area contributed by atoms with Crippen LogP contribution in [0.15, 0.2) is 22.7 Å². The highest BCUT2D eigenvalue weighted by atomic mass is 19.3. The van der Waals surface area contributed by atoms with E-state index in [0.717, 1.165) is 31.2 Å². The zero-order valence-electron chi connectivity index (χ0n) is 18.5. The summed E-state index contributed by atoms with van der Waals surface area (Å²) >= 11 is 0. The predicted molar refractivity (Wildman–Crippen MR) is 116 cm³/mol. The van der Waals surface area contributed by atoms with Crippen LogP contribution in [-0.2, 0) is 0 Å².